The largest absolute Gasteiger partial charge is 0.379 e. The Morgan fingerprint density at radius 3 is 2.75 bits per heavy atom. The molecule has 0 atom stereocenters. The van der Waals surface area contributed by atoms with Gasteiger partial charge in [-0.1, -0.05) is 23.5 Å². The van der Waals surface area contributed by atoms with E-state index in [2.05, 4.69) is 30.9 Å². The van der Waals surface area contributed by atoms with Crippen molar-refractivity contribution in [2.45, 2.75) is 13.8 Å². The Morgan fingerprint density at radius 1 is 1.25 bits per heavy atom. The second-order valence-electron chi connectivity index (χ2n) is 6.74. The number of ether oxygens (including phenoxy) is 1. The number of aryl methyl sites for hydroxylation is 2. The fourth-order valence-electron chi connectivity index (χ4n) is 3.21. The molecular weight excluding hydrogens is 414 g/mol. The SMILES string of the molecule is Cc1ccc2sc(N(CCN3CCOCC3)C(=O)c3cccs3)nc2c1C.Cl. The first kappa shape index (κ1) is 21.2. The first-order valence-corrected chi connectivity index (χ1v) is 10.9. The molecule has 28 heavy (non-hydrogen) atoms. The molecule has 2 aromatic heterocycles. The van der Waals surface area contributed by atoms with Gasteiger partial charge in [0, 0.05) is 26.2 Å². The third-order valence-electron chi connectivity index (χ3n) is 5.03. The highest BCUT2D eigenvalue weighted by Crippen LogP contribution is 2.33. The highest BCUT2D eigenvalue weighted by Gasteiger charge is 2.23. The maximum atomic E-state index is 13.2. The summed E-state index contributed by atoms with van der Waals surface area (Å²) in [7, 11) is 0. The van der Waals surface area contributed by atoms with E-state index in [9.17, 15) is 4.79 Å². The molecule has 0 bridgehead atoms. The lowest BCUT2D eigenvalue weighted by Gasteiger charge is -2.29. The fourth-order valence-corrected chi connectivity index (χ4v) is 4.93. The number of morpholine rings is 1. The van der Waals surface area contributed by atoms with E-state index < -0.39 is 0 Å². The normalized spacial score (nSPS) is 14.8. The summed E-state index contributed by atoms with van der Waals surface area (Å²) >= 11 is 3.08. The quantitative estimate of drug-likeness (QED) is 0.594. The minimum Gasteiger partial charge on any atom is -0.379 e. The molecule has 0 spiro atoms. The first-order chi connectivity index (χ1) is 13.1. The van der Waals surface area contributed by atoms with Crippen LogP contribution in [0.1, 0.15) is 20.8 Å². The highest BCUT2D eigenvalue weighted by atomic mass is 35.5. The fraction of sp³-hybridized carbons (Fsp3) is 0.400. The van der Waals surface area contributed by atoms with Gasteiger partial charge in [-0.25, -0.2) is 4.98 Å². The molecule has 0 saturated carbocycles. The van der Waals surface area contributed by atoms with Gasteiger partial charge in [0.05, 0.1) is 28.3 Å². The molecular formula is C20H24ClN3O2S2. The Labute approximate surface area is 179 Å². The summed E-state index contributed by atoms with van der Waals surface area (Å²) in [4.78, 5) is 23.0. The zero-order chi connectivity index (χ0) is 18.8. The van der Waals surface area contributed by atoms with E-state index in [1.807, 2.05) is 22.4 Å². The lowest BCUT2D eigenvalue weighted by Crippen LogP contribution is -2.43. The Kier molecular flexibility index (Phi) is 7.06. The van der Waals surface area contributed by atoms with E-state index in [0.717, 1.165) is 53.1 Å². The van der Waals surface area contributed by atoms with Gasteiger partial charge in [0.15, 0.2) is 5.13 Å². The number of fused-ring (bicyclic) bond motifs is 1. The van der Waals surface area contributed by atoms with E-state index in [1.54, 1.807) is 11.3 Å². The molecule has 3 aromatic rings. The van der Waals surface area contributed by atoms with Crippen LogP contribution in [0.2, 0.25) is 0 Å². The molecule has 0 aliphatic carbocycles. The third kappa shape index (κ3) is 4.39. The van der Waals surface area contributed by atoms with Crippen molar-refractivity contribution in [1.82, 2.24) is 9.88 Å². The van der Waals surface area contributed by atoms with E-state index in [1.165, 1.54) is 22.5 Å². The van der Waals surface area contributed by atoms with Gasteiger partial charge in [-0.3, -0.25) is 14.6 Å². The van der Waals surface area contributed by atoms with Crippen molar-refractivity contribution < 1.29 is 9.53 Å². The topological polar surface area (TPSA) is 45.7 Å². The molecule has 1 aliphatic heterocycles. The minimum atomic E-state index is 0. The average Bonchev–Trinajstić information content (AvgIpc) is 3.36. The molecule has 4 rings (SSSR count). The summed E-state index contributed by atoms with van der Waals surface area (Å²) in [6.07, 6.45) is 0. The van der Waals surface area contributed by atoms with Crippen LogP contribution >= 0.6 is 35.1 Å². The Balaban J connectivity index is 0.00000225. The van der Waals surface area contributed by atoms with Crippen LogP contribution in [0, 0.1) is 13.8 Å². The Morgan fingerprint density at radius 2 is 2.04 bits per heavy atom. The van der Waals surface area contributed by atoms with Crippen LogP contribution in [0.5, 0.6) is 0 Å². The Bertz CT molecular complexity index is 936. The number of halogens is 1. The zero-order valence-electron chi connectivity index (χ0n) is 16.0. The van der Waals surface area contributed by atoms with Crippen LogP contribution in [0.4, 0.5) is 5.13 Å². The maximum Gasteiger partial charge on any atom is 0.270 e. The van der Waals surface area contributed by atoms with Gasteiger partial charge in [-0.15, -0.1) is 23.7 Å². The molecule has 8 heteroatoms. The van der Waals surface area contributed by atoms with Crippen LogP contribution in [0.15, 0.2) is 29.6 Å². The molecule has 1 aliphatic rings. The van der Waals surface area contributed by atoms with Gasteiger partial charge in [0.25, 0.3) is 5.91 Å². The zero-order valence-corrected chi connectivity index (χ0v) is 18.5. The third-order valence-corrected chi connectivity index (χ3v) is 6.93. The van der Waals surface area contributed by atoms with Crippen molar-refractivity contribution >= 4 is 56.3 Å². The standard InChI is InChI=1S/C20H23N3O2S2.ClH/c1-14-5-6-16-18(15(14)2)21-20(27-16)23(19(24)17-4-3-13-26-17)8-7-22-9-11-25-12-10-22;/h3-6,13H,7-12H2,1-2H3;1H. The summed E-state index contributed by atoms with van der Waals surface area (Å²) in [5.74, 6) is 0.0340. The molecule has 0 N–H and O–H groups in total. The molecule has 1 saturated heterocycles. The molecule has 5 nitrogen and oxygen atoms in total. The molecule has 1 fully saturated rings. The molecule has 0 radical (unpaired) electrons. The van der Waals surface area contributed by atoms with Crippen molar-refractivity contribution in [3.8, 4) is 0 Å². The highest BCUT2D eigenvalue weighted by molar-refractivity contribution is 7.22. The summed E-state index contributed by atoms with van der Waals surface area (Å²) in [6, 6.07) is 8.04. The number of thiophene rings is 1. The van der Waals surface area contributed by atoms with Crippen molar-refractivity contribution in [3.63, 3.8) is 0 Å². The molecule has 3 heterocycles. The monoisotopic (exact) mass is 437 g/mol. The van der Waals surface area contributed by atoms with Crippen molar-refractivity contribution in [2.75, 3.05) is 44.3 Å². The number of rotatable bonds is 5. The van der Waals surface area contributed by atoms with Gasteiger partial charge >= 0.3 is 0 Å². The number of anilines is 1. The van der Waals surface area contributed by atoms with E-state index in [-0.39, 0.29) is 18.3 Å². The van der Waals surface area contributed by atoms with E-state index >= 15 is 0 Å². The summed E-state index contributed by atoms with van der Waals surface area (Å²) in [5.41, 5.74) is 3.42. The molecule has 1 aromatic carbocycles. The van der Waals surface area contributed by atoms with Crippen molar-refractivity contribution in [2.24, 2.45) is 0 Å². The van der Waals surface area contributed by atoms with Gasteiger partial charge < -0.3 is 4.74 Å². The first-order valence-electron chi connectivity index (χ1n) is 9.15. The van der Waals surface area contributed by atoms with E-state index in [4.69, 9.17) is 9.72 Å². The lowest BCUT2D eigenvalue weighted by molar-refractivity contribution is 0.0391. The second kappa shape index (κ2) is 9.33. The van der Waals surface area contributed by atoms with Crippen LogP contribution in [-0.4, -0.2) is 55.2 Å². The lowest BCUT2D eigenvalue weighted by atomic mass is 10.1. The minimum absolute atomic E-state index is 0. The van der Waals surface area contributed by atoms with Gasteiger partial charge in [-0.05, 0) is 42.5 Å². The summed E-state index contributed by atoms with van der Waals surface area (Å²) in [5, 5.41) is 2.73. The molecule has 1 amide bonds. The predicted octanol–water partition coefficient (Wildman–Crippen LogP) is 4.38. The second-order valence-corrected chi connectivity index (χ2v) is 8.70. The number of benzene rings is 1. The summed E-state index contributed by atoms with van der Waals surface area (Å²) in [6.45, 7) is 9.01. The van der Waals surface area contributed by atoms with Crippen LogP contribution in [-0.2, 0) is 4.74 Å². The van der Waals surface area contributed by atoms with Crippen LogP contribution in [0.25, 0.3) is 10.2 Å². The number of hydrogen-bond acceptors (Lipinski definition) is 6. The van der Waals surface area contributed by atoms with Crippen molar-refractivity contribution in [3.05, 3.63) is 45.6 Å². The van der Waals surface area contributed by atoms with Gasteiger partial charge in [-0.2, -0.15) is 0 Å². The predicted molar refractivity (Wildman–Crippen MR) is 120 cm³/mol. The van der Waals surface area contributed by atoms with Crippen LogP contribution in [0.3, 0.4) is 0 Å². The maximum absolute atomic E-state index is 13.2. The number of nitrogens with zero attached hydrogens (tertiary/aromatic N) is 3. The summed E-state index contributed by atoms with van der Waals surface area (Å²) < 4.78 is 6.56. The van der Waals surface area contributed by atoms with Crippen molar-refractivity contribution in [1.29, 1.82) is 0 Å². The smallest absolute Gasteiger partial charge is 0.270 e. The van der Waals surface area contributed by atoms with Crippen LogP contribution < -0.4 is 4.90 Å². The molecule has 0 unspecified atom stereocenters. The molecule has 150 valence electrons. The average molecular weight is 438 g/mol. The number of carbonyl (C=O) groups is 1. The Hall–Kier alpha value is -1.51. The number of hydrogen-bond donors (Lipinski definition) is 0. The number of amides is 1. The number of thiazole rings is 1. The van der Waals surface area contributed by atoms with Gasteiger partial charge in [0.1, 0.15) is 0 Å². The van der Waals surface area contributed by atoms with Gasteiger partial charge in [0.2, 0.25) is 0 Å². The number of aromatic nitrogens is 1. The number of carbonyl (C=O) groups excluding carboxylic acids is 1. The van der Waals surface area contributed by atoms with E-state index in [0.29, 0.717) is 6.54 Å².